The molecule has 0 amide bonds. The molecule has 0 unspecified atom stereocenters. The molecule has 0 saturated heterocycles. The lowest BCUT2D eigenvalue weighted by molar-refractivity contribution is 0.710. The summed E-state index contributed by atoms with van der Waals surface area (Å²) in [5, 5.41) is 2.92. The van der Waals surface area contributed by atoms with Crippen molar-refractivity contribution >= 4 is 16.3 Å². The van der Waals surface area contributed by atoms with E-state index in [9.17, 15) is 0 Å². The molecule has 0 bridgehead atoms. The van der Waals surface area contributed by atoms with E-state index in [0.717, 1.165) is 0 Å². The monoisotopic (exact) mass is 352 g/mol. The van der Waals surface area contributed by atoms with Crippen LogP contribution in [-0.4, -0.2) is 0 Å². The summed E-state index contributed by atoms with van der Waals surface area (Å²) in [6.45, 7) is 2.31. The standard InChI is InChI=1S/C27H28/c1-2-3-12-25-24-15-14-20(19-9-5-4-6-10-19)16-22(24)18-26-23-13-8-7-11-21(23)17-27(25)26/h4-6,9-10,14-16,18H,2-3,7-8,11-13,17H2,1H3. The highest BCUT2D eigenvalue weighted by atomic mass is 14.3. The molecule has 0 aliphatic heterocycles. The third kappa shape index (κ3) is 2.92. The van der Waals surface area contributed by atoms with Crippen LogP contribution in [0.15, 0.2) is 60.2 Å². The van der Waals surface area contributed by atoms with Gasteiger partial charge in [0.1, 0.15) is 0 Å². The first-order chi connectivity index (χ1) is 13.3. The lowest BCUT2D eigenvalue weighted by Gasteiger charge is -2.16. The number of benzene rings is 3. The summed E-state index contributed by atoms with van der Waals surface area (Å²) < 4.78 is 0. The van der Waals surface area contributed by atoms with Gasteiger partial charge in [-0.3, -0.25) is 0 Å². The SMILES string of the molecule is CCCCc1c2c(cc3cc(-c4ccccc4)ccc13)C1=C(CCCC1)C2. The van der Waals surface area contributed by atoms with E-state index in [-0.39, 0.29) is 0 Å². The van der Waals surface area contributed by atoms with Gasteiger partial charge in [-0.2, -0.15) is 0 Å². The minimum atomic E-state index is 1.22. The molecule has 0 aromatic heterocycles. The van der Waals surface area contributed by atoms with Crippen LogP contribution in [0.25, 0.3) is 27.5 Å². The van der Waals surface area contributed by atoms with Gasteiger partial charge in [-0.05, 0) is 101 Å². The van der Waals surface area contributed by atoms with E-state index < -0.39 is 0 Å². The number of fused-ring (bicyclic) bond motifs is 3. The Hall–Kier alpha value is -2.34. The predicted molar refractivity (Wildman–Crippen MR) is 117 cm³/mol. The predicted octanol–water partition coefficient (Wildman–Crippen LogP) is 7.73. The number of hydrogen-bond acceptors (Lipinski definition) is 0. The van der Waals surface area contributed by atoms with Crippen LogP contribution in [0, 0.1) is 0 Å². The van der Waals surface area contributed by atoms with Crippen molar-refractivity contribution in [1.29, 1.82) is 0 Å². The molecule has 0 heteroatoms. The van der Waals surface area contributed by atoms with E-state index in [0.29, 0.717) is 0 Å². The van der Waals surface area contributed by atoms with E-state index >= 15 is 0 Å². The topological polar surface area (TPSA) is 0 Å². The maximum Gasteiger partial charge on any atom is -0.00521 e. The molecule has 0 saturated carbocycles. The fourth-order valence-electron chi connectivity index (χ4n) is 5.15. The number of unbranched alkanes of at least 4 members (excludes halogenated alkanes) is 1. The van der Waals surface area contributed by atoms with Crippen molar-refractivity contribution in [2.45, 2.75) is 58.3 Å². The highest BCUT2D eigenvalue weighted by Gasteiger charge is 2.26. The van der Waals surface area contributed by atoms with Gasteiger partial charge in [0.2, 0.25) is 0 Å². The van der Waals surface area contributed by atoms with Crippen molar-refractivity contribution in [2.75, 3.05) is 0 Å². The molecule has 0 fully saturated rings. The van der Waals surface area contributed by atoms with Crippen LogP contribution in [0.4, 0.5) is 0 Å². The van der Waals surface area contributed by atoms with Crippen LogP contribution in [0.3, 0.4) is 0 Å². The summed E-state index contributed by atoms with van der Waals surface area (Å²) >= 11 is 0. The molecule has 0 spiro atoms. The maximum absolute atomic E-state index is 2.51. The summed E-state index contributed by atoms with van der Waals surface area (Å²) in [7, 11) is 0. The van der Waals surface area contributed by atoms with Crippen LogP contribution < -0.4 is 0 Å². The van der Waals surface area contributed by atoms with Crippen molar-refractivity contribution in [3.63, 3.8) is 0 Å². The Kier molecular flexibility index (Phi) is 4.36. The summed E-state index contributed by atoms with van der Waals surface area (Å²) in [6.07, 6.45) is 10.4. The Bertz CT molecular complexity index is 1020. The van der Waals surface area contributed by atoms with Crippen LogP contribution in [0.1, 0.15) is 62.1 Å². The second kappa shape index (κ2) is 7.00. The minimum Gasteiger partial charge on any atom is -0.0654 e. The van der Waals surface area contributed by atoms with Gasteiger partial charge in [-0.25, -0.2) is 0 Å². The van der Waals surface area contributed by atoms with E-state index in [1.165, 1.54) is 73.3 Å². The molecule has 0 heterocycles. The van der Waals surface area contributed by atoms with Gasteiger partial charge in [0.25, 0.3) is 0 Å². The third-order valence-electron chi connectivity index (χ3n) is 6.55. The molecule has 27 heavy (non-hydrogen) atoms. The molecule has 0 radical (unpaired) electrons. The van der Waals surface area contributed by atoms with Crippen molar-refractivity contribution in [3.05, 3.63) is 76.9 Å². The molecule has 2 aliphatic carbocycles. The lowest BCUT2D eigenvalue weighted by Crippen LogP contribution is -1.98. The summed E-state index contributed by atoms with van der Waals surface area (Å²) in [6, 6.07) is 20.4. The molecular weight excluding hydrogens is 324 g/mol. The molecule has 5 rings (SSSR count). The van der Waals surface area contributed by atoms with Crippen LogP contribution in [-0.2, 0) is 12.8 Å². The first-order valence-electron chi connectivity index (χ1n) is 10.7. The maximum atomic E-state index is 2.51. The second-order valence-corrected chi connectivity index (χ2v) is 8.25. The Labute approximate surface area is 162 Å². The Morgan fingerprint density at radius 1 is 0.852 bits per heavy atom. The summed E-state index contributed by atoms with van der Waals surface area (Å²) in [5.41, 5.74) is 11.0. The molecule has 0 N–H and O–H groups in total. The van der Waals surface area contributed by atoms with Crippen LogP contribution in [0.5, 0.6) is 0 Å². The largest absolute Gasteiger partial charge is 0.0654 e. The van der Waals surface area contributed by atoms with Crippen molar-refractivity contribution < 1.29 is 0 Å². The molecule has 0 atom stereocenters. The first kappa shape index (κ1) is 16.8. The van der Waals surface area contributed by atoms with Gasteiger partial charge < -0.3 is 0 Å². The van der Waals surface area contributed by atoms with Crippen molar-refractivity contribution in [2.24, 2.45) is 0 Å². The van der Waals surface area contributed by atoms with Gasteiger partial charge in [-0.15, -0.1) is 0 Å². The Morgan fingerprint density at radius 2 is 1.70 bits per heavy atom. The van der Waals surface area contributed by atoms with Crippen molar-refractivity contribution in [1.82, 2.24) is 0 Å². The summed E-state index contributed by atoms with van der Waals surface area (Å²) in [5.74, 6) is 0. The van der Waals surface area contributed by atoms with E-state index in [4.69, 9.17) is 0 Å². The van der Waals surface area contributed by atoms with E-state index in [2.05, 4.69) is 61.5 Å². The second-order valence-electron chi connectivity index (χ2n) is 8.25. The molecule has 136 valence electrons. The quantitative estimate of drug-likeness (QED) is 0.450. The van der Waals surface area contributed by atoms with E-state index in [1.807, 2.05) is 0 Å². The zero-order chi connectivity index (χ0) is 18.2. The van der Waals surface area contributed by atoms with Gasteiger partial charge in [0.05, 0.1) is 0 Å². The average Bonchev–Trinajstić information content (AvgIpc) is 3.10. The number of aryl methyl sites for hydroxylation is 1. The smallest absolute Gasteiger partial charge is 0.00521 e. The molecular formula is C27H28. The number of allylic oxidation sites excluding steroid dienone is 2. The Morgan fingerprint density at radius 3 is 2.56 bits per heavy atom. The van der Waals surface area contributed by atoms with Crippen molar-refractivity contribution in [3.8, 4) is 11.1 Å². The molecule has 3 aromatic carbocycles. The van der Waals surface area contributed by atoms with E-state index in [1.54, 1.807) is 27.8 Å². The van der Waals surface area contributed by atoms with Gasteiger partial charge in [0.15, 0.2) is 0 Å². The van der Waals surface area contributed by atoms with Gasteiger partial charge in [-0.1, -0.05) is 61.4 Å². The van der Waals surface area contributed by atoms with Gasteiger partial charge >= 0.3 is 0 Å². The zero-order valence-corrected chi connectivity index (χ0v) is 16.4. The highest BCUT2D eigenvalue weighted by molar-refractivity contribution is 5.96. The highest BCUT2D eigenvalue weighted by Crippen LogP contribution is 2.45. The van der Waals surface area contributed by atoms with Crippen LogP contribution in [0.2, 0.25) is 0 Å². The Balaban J connectivity index is 1.70. The summed E-state index contributed by atoms with van der Waals surface area (Å²) in [4.78, 5) is 0. The molecule has 3 aromatic rings. The minimum absolute atomic E-state index is 1.22. The third-order valence-corrected chi connectivity index (χ3v) is 6.55. The fraction of sp³-hybridized carbons (Fsp3) is 0.333. The lowest BCUT2D eigenvalue weighted by atomic mass is 9.88. The fourth-order valence-corrected chi connectivity index (χ4v) is 5.15. The zero-order valence-electron chi connectivity index (χ0n) is 16.4. The van der Waals surface area contributed by atoms with Gasteiger partial charge in [0, 0.05) is 0 Å². The average molecular weight is 353 g/mol. The normalized spacial score (nSPS) is 15.9. The number of hydrogen-bond donors (Lipinski definition) is 0. The molecule has 0 nitrogen and oxygen atoms in total. The van der Waals surface area contributed by atoms with Crippen LogP contribution >= 0.6 is 0 Å². The first-order valence-corrected chi connectivity index (χ1v) is 10.7. The molecule has 2 aliphatic rings. The number of rotatable bonds is 4.